The number of carbonyl (C=O) groups excluding carboxylic acids is 2. The van der Waals surface area contributed by atoms with E-state index in [-0.39, 0.29) is 24.4 Å². The molecule has 0 aromatic heterocycles. The molecule has 0 radical (unpaired) electrons. The number of aliphatic carboxylic acids is 1. The first-order chi connectivity index (χ1) is 5.99. The van der Waals surface area contributed by atoms with Crippen LogP contribution in [0.4, 0.5) is 0 Å². The molecule has 0 heterocycles. The van der Waals surface area contributed by atoms with Gasteiger partial charge in [0.15, 0.2) is 0 Å². The molecule has 4 heteroatoms. The topological polar surface area (TPSA) is 71.4 Å². The summed E-state index contributed by atoms with van der Waals surface area (Å²) < 4.78 is 0. The molecule has 0 aromatic carbocycles. The third-order valence-corrected chi connectivity index (χ3v) is 1.87. The smallest absolute Gasteiger partial charge is 0.303 e. The third-order valence-electron chi connectivity index (χ3n) is 1.87. The highest BCUT2D eigenvalue weighted by Gasteiger charge is 2.20. The SMILES string of the molecule is CCC(C(C)=O)C(=O)CCC(=O)O. The van der Waals surface area contributed by atoms with Crippen LogP contribution < -0.4 is 0 Å². The van der Waals surface area contributed by atoms with E-state index in [4.69, 9.17) is 5.11 Å². The highest BCUT2D eigenvalue weighted by atomic mass is 16.4. The number of hydrogen-bond acceptors (Lipinski definition) is 3. The maximum absolute atomic E-state index is 11.2. The zero-order valence-electron chi connectivity index (χ0n) is 7.87. The van der Waals surface area contributed by atoms with Crippen LogP contribution in [0, 0.1) is 5.92 Å². The molecule has 1 N–H and O–H groups in total. The van der Waals surface area contributed by atoms with Gasteiger partial charge in [-0.05, 0) is 13.3 Å². The van der Waals surface area contributed by atoms with Gasteiger partial charge in [0.05, 0.1) is 12.3 Å². The van der Waals surface area contributed by atoms with E-state index in [9.17, 15) is 14.4 Å². The van der Waals surface area contributed by atoms with E-state index in [1.165, 1.54) is 6.92 Å². The standard InChI is InChI=1S/C9H14O4/c1-3-7(6(2)10)8(11)4-5-9(12)13/h7H,3-5H2,1-2H3,(H,12,13). The van der Waals surface area contributed by atoms with Crippen molar-refractivity contribution >= 4 is 17.5 Å². The third kappa shape index (κ3) is 4.40. The Balaban J connectivity index is 4.07. The van der Waals surface area contributed by atoms with Crippen molar-refractivity contribution in [3.8, 4) is 0 Å². The number of Topliss-reactive ketones (excluding diaryl/α,β-unsaturated/α-hetero) is 2. The van der Waals surface area contributed by atoms with Gasteiger partial charge in [-0.1, -0.05) is 6.92 Å². The Morgan fingerprint density at radius 2 is 1.77 bits per heavy atom. The van der Waals surface area contributed by atoms with E-state index in [0.717, 1.165) is 0 Å². The zero-order valence-corrected chi connectivity index (χ0v) is 7.87. The highest BCUT2D eigenvalue weighted by Crippen LogP contribution is 2.09. The maximum atomic E-state index is 11.2. The maximum Gasteiger partial charge on any atom is 0.303 e. The first-order valence-electron chi connectivity index (χ1n) is 4.24. The van der Waals surface area contributed by atoms with Crippen LogP contribution in [0.1, 0.15) is 33.1 Å². The van der Waals surface area contributed by atoms with E-state index < -0.39 is 11.9 Å². The number of rotatable bonds is 6. The van der Waals surface area contributed by atoms with Gasteiger partial charge in [-0.15, -0.1) is 0 Å². The van der Waals surface area contributed by atoms with E-state index in [0.29, 0.717) is 6.42 Å². The number of carbonyl (C=O) groups is 3. The van der Waals surface area contributed by atoms with Crippen LogP contribution in [0.15, 0.2) is 0 Å². The largest absolute Gasteiger partial charge is 0.481 e. The second-order valence-electron chi connectivity index (χ2n) is 2.93. The Kier molecular flexibility index (Phi) is 4.96. The van der Waals surface area contributed by atoms with E-state index in [2.05, 4.69) is 0 Å². The lowest BCUT2D eigenvalue weighted by atomic mass is 9.94. The normalized spacial score (nSPS) is 12.2. The van der Waals surface area contributed by atoms with Crippen molar-refractivity contribution in [2.24, 2.45) is 5.92 Å². The number of ketones is 2. The molecule has 0 aliphatic rings. The lowest BCUT2D eigenvalue weighted by molar-refractivity contribution is -0.140. The quantitative estimate of drug-likeness (QED) is 0.629. The Morgan fingerprint density at radius 1 is 1.23 bits per heavy atom. The number of carboxylic acids is 1. The van der Waals surface area contributed by atoms with Crippen molar-refractivity contribution in [2.45, 2.75) is 33.1 Å². The fourth-order valence-corrected chi connectivity index (χ4v) is 1.15. The lowest BCUT2D eigenvalue weighted by Gasteiger charge is -2.08. The van der Waals surface area contributed by atoms with Gasteiger partial charge in [0.25, 0.3) is 0 Å². The molecule has 0 bridgehead atoms. The first kappa shape index (κ1) is 11.8. The van der Waals surface area contributed by atoms with Crippen molar-refractivity contribution < 1.29 is 19.5 Å². The molecule has 0 saturated heterocycles. The van der Waals surface area contributed by atoms with Gasteiger partial charge in [0.2, 0.25) is 0 Å². The second kappa shape index (κ2) is 5.45. The summed E-state index contributed by atoms with van der Waals surface area (Å²) in [6, 6.07) is 0. The van der Waals surface area contributed by atoms with Crippen LogP contribution in [0.5, 0.6) is 0 Å². The first-order valence-corrected chi connectivity index (χ1v) is 4.24. The average molecular weight is 186 g/mol. The summed E-state index contributed by atoms with van der Waals surface area (Å²) in [4.78, 5) is 32.3. The van der Waals surface area contributed by atoms with Crippen LogP contribution in [0.2, 0.25) is 0 Å². The molecule has 0 aliphatic carbocycles. The Morgan fingerprint density at radius 3 is 2.08 bits per heavy atom. The van der Waals surface area contributed by atoms with Crippen molar-refractivity contribution in [2.75, 3.05) is 0 Å². The number of carboxylic acid groups (broad SMARTS) is 1. The summed E-state index contributed by atoms with van der Waals surface area (Å²) >= 11 is 0. The average Bonchev–Trinajstić information content (AvgIpc) is 2.01. The molecule has 0 amide bonds. The van der Waals surface area contributed by atoms with Crippen LogP contribution in [-0.4, -0.2) is 22.6 Å². The van der Waals surface area contributed by atoms with E-state index >= 15 is 0 Å². The molecule has 4 nitrogen and oxygen atoms in total. The minimum Gasteiger partial charge on any atom is -0.481 e. The molecule has 13 heavy (non-hydrogen) atoms. The summed E-state index contributed by atoms with van der Waals surface area (Å²) in [7, 11) is 0. The van der Waals surface area contributed by atoms with Crippen molar-refractivity contribution in [1.29, 1.82) is 0 Å². The van der Waals surface area contributed by atoms with Gasteiger partial charge in [-0.3, -0.25) is 14.4 Å². The van der Waals surface area contributed by atoms with Crippen LogP contribution in [0.3, 0.4) is 0 Å². The Labute approximate surface area is 76.9 Å². The molecule has 0 saturated carbocycles. The monoisotopic (exact) mass is 186 g/mol. The van der Waals surface area contributed by atoms with Gasteiger partial charge in [-0.2, -0.15) is 0 Å². The zero-order chi connectivity index (χ0) is 10.4. The summed E-state index contributed by atoms with van der Waals surface area (Å²) in [5.41, 5.74) is 0. The van der Waals surface area contributed by atoms with Gasteiger partial charge in [0.1, 0.15) is 11.6 Å². The molecular weight excluding hydrogens is 172 g/mol. The lowest BCUT2D eigenvalue weighted by Crippen LogP contribution is -2.21. The summed E-state index contributed by atoms with van der Waals surface area (Å²) in [5.74, 6) is -2.07. The Hall–Kier alpha value is -1.19. The van der Waals surface area contributed by atoms with Crippen LogP contribution >= 0.6 is 0 Å². The predicted molar refractivity (Wildman–Crippen MR) is 46.3 cm³/mol. The summed E-state index contributed by atoms with van der Waals surface area (Å²) in [5, 5.41) is 8.32. The van der Waals surface area contributed by atoms with Crippen LogP contribution in [-0.2, 0) is 14.4 Å². The molecule has 0 rings (SSSR count). The predicted octanol–water partition coefficient (Wildman–Crippen LogP) is 1.04. The van der Waals surface area contributed by atoms with Crippen molar-refractivity contribution in [3.05, 3.63) is 0 Å². The van der Waals surface area contributed by atoms with E-state index in [1.54, 1.807) is 6.92 Å². The molecular formula is C9H14O4. The minimum atomic E-state index is -1.01. The number of hydrogen-bond donors (Lipinski definition) is 1. The van der Waals surface area contributed by atoms with Crippen molar-refractivity contribution in [1.82, 2.24) is 0 Å². The molecule has 1 atom stereocenters. The molecule has 0 spiro atoms. The molecule has 74 valence electrons. The van der Waals surface area contributed by atoms with Crippen molar-refractivity contribution in [3.63, 3.8) is 0 Å². The van der Waals surface area contributed by atoms with Gasteiger partial charge in [-0.25, -0.2) is 0 Å². The molecule has 0 aromatic rings. The fraction of sp³-hybridized carbons (Fsp3) is 0.667. The summed E-state index contributed by atoms with van der Waals surface area (Å²) in [6.07, 6.45) is 0.212. The summed E-state index contributed by atoms with van der Waals surface area (Å²) in [6.45, 7) is 3.09. The van der Waals surface area contributed by atoms with Gasteiger partial charge < -0.3 is 5.11 Å². The van der Waals surface area contributed by atoms with Crippen LogP contribution in [0.25, 0.3) is 0 Å². The molecule has 0 aliphatic heterocycles. The van der Waals surface area contributed by atoms with Gasteiger partial charge >= 0.3 is 5.97 Å². The Bertz CT molecular complexity index is 220. The minimum absolute atomic E-state index is 0.0482. The van der Waals surface area contributed by atoms with E-state index in [1.807, 2.05) is 0 Å². The fourth-order valence-electron chi connectivity index (χ4n) is 1.15. The molecule has 1 unspecified atom stereocenters. The highest BCUT2D eigenvalue weighted by molar-refractivity contribution is 6.01. The van der Waals surface area contributed by atoms with Gasteiger partial charge in [0, 0.05) is 6.42 Å². The molecule has 0 fully saturated rings. The second-order valence-corrected chi connectivity index (χ2v) is 2.93.